The predicted molar refractivity (Wildman–Crippen MR) is 93.0 cm³/mol. The molecule has 0 aromatic heterocycles. The number of nitro benzene ring substituents is 1. The summed E-state index contributed by atoms with van der Waals surface area (Å²) >= 11 is 0. The van der Waals surface area contributed by atoms with E-state index in [1.165, 1.54) is 17.7 Å². The first-order chi connectivity index (χ1) is 11.7. The molecular weight excluding hydrogens is 304 g/mol. The molecule has 0 saturated carbocycles. The van der Waals surface area contributed by atoms with Gasteiger partial charge in [-0.15, -0.1) is 0 Å². The highest BCUT2D eigenvalue weighted by Gasteiger charge is 2.19. The van der Waals surface area contributed by atoms with Crippen LogP contribution in [0.5, 0.6) is 5.75 Å². The van der Waals surface area contributed by atoms with Crippen molar-refractivity contribution in [1.29, 1.82) is 0 Å². The zero-order valence-corrected chi connectivity index (χ0v) is 13.6. The van der Waals surface area contributed by atoms with Gasteiger partial charge in [-0.05, 0) is 49.5 Å². The molecule has 24 heavy (non-hydrogen) atoms. The van der Waals surface area contributed by atoms with Crippen LogP contribution in [0.4, 0.5) is 5.69 Å². The van der Waals surface area contributed by atoms with Crippen LogP contribution >= 0.6 is 0 Å². The summed E-state index contributed by atoms with van der Waals surface area (Å²) in [6.07, 6.45) is 2.25. The fourth-order valence-corrected chi connectivity index (χ4v) is 3.03. The lowest BCUT2D eigenvalue weighted by Crippen LogP contribution is -2.35. The van der Waals surface area contributed by atoms with Crippen molar-refractivity contribution < 1.29 is 9.66 Å². The maximum Gasteiger partial charge on any atom is 0.269 e. The van der Waals surface area contributed by atoms with Crippen LogP contribution in [0.1, 0.15) is 18.4 Å². The largest absolute Gasteiger partial charge is 0.493 e. The number of ether oxygens (including phenoxy) is 1. The van der Waals surface area contributed by atoms with Gasteiger partial charge in [0.1, 0.15) is 5.75 Å². The Kier molecular flexibility index (Phi) is 5.43. The maximum absolute atomic E-state index is 10.6. The Hall–Kier alpha value is -2.40. The van der Waals surface area contributed by atoms with Crippen molar-refractivity contribution in [3.63, 3.8) is 0 Å². The van der Waals surface area contributed by atoms with Gasteiger partial charge in [0, 0.05) is 18.7 Å². The van der Waals surface area contributed by atoms with Crippen LogP contribution in [0.25, 0.3) is 0 Å². The summed E-state index contributed by atoms with van der Waals surface area (Å²) in [6, 6.07) is 16.9. The third-order valence-electron chi connectivity index (χ3n) is 4.49. The maximum atomic E-state index is 10.6. The second-order valence-electron chi connectivity index (χ2n) is 6.27. The van der Waals surface area contributed by atoms with Gasteiger partial charge in [0.05, 0.1) is 11.5 Å². The molecule has 5 nitrogen and oxygen atoms in total. The van der Waals surface area contributed by atoms with E-state index in [4.69, 9.17) is 4.74 Å². The molecular formula is C19H22N2O3. The van der Waals surface area contributed by atoms with E-state index in [0.717, 1.165) is 32.5 Å². The zero-order valence-electron chi connectivity index (χ0n) is 13.6. The molecule has 0 radical (unpaired) electrons. The first-order valence-electron chi connectivity index (χ1n) is 8.34. The Labute approximate surface area is 142 Å². The minimum absolute atomic E-state index is 0.0940. The van der Waals surface area contributed by atoms with Gasteiger partial charge < -0.3 is 4.74 Å². The highest BCUT2D eigenvalue weighted by Crippen LogP contribution is 2.22. The molecule has 1 aliphatic rings. The summed E-state index contributed by atoms with van der Waals surface area (Å²) in [5.74, 6) is 1.25. The molecule has 0 bridgehead atoms. The fourth-order valence-electron chi connectivity index (χ4n) is 3.03. The van der Waals surface area contributed by atoms with E-state index in [1.54, 1.807) is 12.1 Å². The number of piperidine rings is 1. The van der Waals surface area contributed by atoms with Crippen LogP contribution in [0, 0.1) is 16.0 Å². The lowest BCUT2D eigenvalue weighted by Gasteiger charge is -2.31. The molecule has 0 spiro atoms. The van der Waals surface area contributed by atoms with Gasteiger partial charge in [-0.2, -0.15) is 0 Å². The smallest absolute Gasteiger partial charge is 0.269 e. The van der Waals surface area contributed by atoms with Gasteiger partial charge >= 0.3 is 0 Å². The van der Waals surface area contributed by atoms with Crippen LogP contribution in [0.15, 0.2) is 54.6 Å². The highest BCUT2D eigenvalue weighted by molar-refractivity contribution is 5.35. The third-order valence-corrected chi connectivity index (χ3v) is 4.49. The quantitative estimate of drug-likeness (QED) is 0.597. The summed E-state index contributed by atoms with van der Waals surface area (Å²) < 4.78 is 5.79. The molecule has 3 rings (SSSR count). The number of benzene rings is 2. The van der Waals surface area contributed by atoms with Gasteiger partial charge in [-0.1, -0.05) is 30.3 Å². The first kappa shape index (κ1) is 16.5. The van der Waals surface area contributed by atoms with Crippen LogP contribution in [0.3, 0.4) is 0 Å². The summed E-state index contributed by atoms with van der Waals surface area (Å²) in [5, 5.41) is 10.6. The van der Waals surface area contributed by atoms with E-state index < -0.39 is 4.92 Å². The van der Waals surface area contributed by atoms with E-state index in [-0.39, 0.29) is 5.69 Å². The standard InChI is InChI=1S/C19H22N2O3/c22-21(23)18-6-8-19(9-7-18)24-15-17-10-12-20(13-11-17)14-16-4-2-1-3-5-16/h1-9,17H,10-15H2. The number of nitrogens with zero attached hydrogens (tertiary/aromatic N) is 2. The number of rotatable bonds is 6. The summed E-state index contributed by atoms with van der Waals surface area (Å²) in [5.41, 5.74) is 1.45. The Morgan fingerprint density at radius 1 is 1.04 bits per heavy atom. The predicted octanol–water partition coefficient (Wildman–Crippen LogP) is 3.89. The SMILES string of the molecule is O=[N+]([O-])c1ccc(OCC2CCN(Cc3ccccc3)CC2)cc1. The van der Waals surface area contributed by atoms with E-state index in [9.17, 15) is 10.1 Å². The lowest BCUT2D eigenvalue weighted by atomic mass is 9.97. The average molecular weight is 326 g/mol. The number of nitro groups is 1. The van der Waals surface area contributed by atoms with E-state index in [2.05, 4.69) is 29.2 Å². The van der Waals surface area contributed by atoms with Crippen molar-refractivity contribution in [2.75, 3.05) is 19.7 Å². The number of hydrogen-bond donors (Lipinski definition) is 0. The van der Waals surface area contributed by atoms with Crippen LogP contribution < -0.4 is 4.74 Å². The minimum atomic E-state index is -0.397. The molecule has 2 aromatic rings. The van der Waals surface area contributed by atoms with Crippen LogP contribution in [-0.4, -0.2) is 29.5 Å². The molecule has 5 heteroatoms. The van der Waals surface area contributed by atoms with Gasteiger partial charge in [0.2, 0.25) is 0 Å². The minimum Gasteiger partial charge on any atom is -0.493 e. The summed E-state index contributed by atoms with van der Waals surface area (Å²) in [7, 11) is 0. The Morgan fingerprint density at radius 3 is 2.33 bits per heavy atom. The van der Waals surface area contributed by atoms with E-state index in [0.29, 0.717) is 18.3 Å². The number of hydrogen-bond acceptors (Lipinski definition) is 4. The van der Waals surface area contributed by atoms with E-state index in [1.807, 2.05) is 6.07 Å². The van der Waals surface area contributed by atoms with Crippen molar-refractivity contribution in [3.05, 3.63) is 70.3 Å². The van der Waals surface area contributed by atoms with Crippen molar-refractivity contribution >= 4 is 5.69 Å². The molecule has 1 heterocycles. The first-order valence-corrected chi connectivity index (χ1v) is 8.34. The Balaban J connectivity index is 1.41. The van der Waals surface area contributed by atoms with Crippen LogP contribution in [-0.2, 0) is 6.54 Å². The molecule has 1 saturated heterocycles. The molecule has 126 valence electrons. The zero-order chi connectivity index (χ0) is 16.8. The van der Waals surface area contributed by atoms with Gasteiger partial charge in [-0.3, -0.25) is 15.0 Å². The normalized spacial score (nSPS) is 16.0. The van der Waals surface area contributed by atoms with Gasteiger partial charge in [-0.25, -0.2) is 0 Å². The monoisotopic (exact) mass is 326 g/mol. The molecule has 0 amide bonds. The van der Waals surface area contributed by atoms with Crippen molar-refractivity contribution in [3.8, 4) is 5.75 Å². The van der Waals surface area contributed by atoms with Crippen LogP contribution in [0.2, 0.25) is 0 Å². The van der Waals surface area contributed by atoms with E-state index >= 15 is 0 Å². The number of non-ortho nitro benzene ring substituents is 1. The lowest BCUT2D eigenvalue weighted by molar-refractivity contribution is -0.384. The third kappa shape index (κ3) is 4.55. The highest BCUT2D eigenvalue weighted by atomic mass is 16.6. The number of likely N-dealkylation sites (tertiary alicyclic amines) is 1. The second-order valence-corrected chi connectivity index (χ2v) is 6.27. The van der Waals surface area contributed by atoms with Crippen molar-refractivity contribution in [2.45, 2.75) is 19.4 Å². The van der Waals surface area contributed by atoms with Gasteiger partial charge in [0.15, 0.2) is 0 Å². The molecule has 0 aliphatic carbocycles. The molecule has 0 atom stereocenters. The Morgan fingerprint density at radius 2 is 1.71 bits per heavy atom. The average Bonchev–Trinajstić information content (AvgIpc) is 2.62. The summed E-state index contributed by atoms with van der Waals surface area (Å²) in [4.78, 5) is 12.7. The topological polar surface area (TPSA) is 55.6 Å². The Bertz CT molecular complexity index is 650. The molecule has 0 N–H and O–H groups in total. The molecule has 0 unspecified atom stereocenters. The second kappa shape index (κ2) is 7.93. The van der Waals surface area contributed by atoms with Crippen molar-refractivity contribution in [1.82, 2.24) is 4.90 Å². The fraction of sp³-hybridized carbons (Fsp3) is 0.368. The van der Waals surface area contributed by atoms with Gasteiger partial charge in [0.25, 0.3) is 5.69 Å². The molecule has 2 aromatic carbocycles. The molecule has 1 aliphatic heterocycles. The van der Waals surface area contributed by atoms with Crippen molar-refractivity contribution in [2.24, 2.45) is 5.92 Å². The molecule has 1 fully saturated rings. The summed E-state index contributed by atoms with van der Waals surface area (Å²) in [6.45, 7) is 3.86.